The number of nitrogens with zero attached hydrogens (tertiary/aromatic N) is 1. The third kappa shape index (κ3) is 3.71. The van der Waals surface area contributed by atoms with E-state index in [9.17, 15) is 13.6 Å². The number of fused-ring (bicyclic) bond motifs is 1. The number of alkyl halides is 2. The Hall–Kier alpha value is -2.13. The molecule has 0 bridgehead atoms. The van der Waals surface area contributed by atoms with Gasteiger partial charge >= 0.3 is 0 Å². The van der Waals surface area contributed by atoms with Crippen molar-refractivity contribution >= 4 is 17.9 Å². The maximum Gasteiger partial charge on any atom is 0.283 e. The highest BCUT2D eigenvalue weighted by molar-refractivity contribution is 7.96. The van der Waals surface area contributed by atoms with E-state index < -0.39 is 47.4 Å². The van der Waals surface area contributed by atoms with Crippen molar-refractivity contribution in [3.63, 3.8) is 0 Å². The lowest BCUT2D eigenvalue weighted by Gasteiger charge is -2.58. The molecule has 3 aliphatic rings. The Morgan fingerprint density at radius 2 is 1.79 bits per heavy atom. The van der Waals surface area contributed by atoms with Crippen LogP contribution in [0.15, 0.2) is 36.4 Å². The molecule has 0 spiro atoms. The van der Waals surface area contributed by atoms with Gasteiger partial charge in [0.15, 0.2) is 0 Å². The van der Waals surface area contributed by atoms with Crippen LogP contribution in [0.1, 0.15) is 31.2 Å². The summed E-state index contributed by atoms with van der Waals surface area (Å²) in [6, 6.07) is 4.82. The molecule has 182 valence electrons. The first-order chi connectivity index (χ1) is 16.2. The number of hydrogen-bond acceptors (Lipinski definition) is 3. The first-order valence-electron chi connectivity index (χ1n) is 11.4. The lowest BCUT2D eigenvalue weighted by molar-refractivity contribution is -0.171. The summed E-state index contributed by atoms with van der Waals surface area (Å²) in [4.78, 5) is 14.7. The lowest BCUT2D eigenvalue weighted by atomic mass is 9.47. The van der Waals surface area contributed by atoms with Gasteiger partial charge in [0.25, 0.3) is 5.92 Å². The van der Waals surface area contributed by atoms with Gasteiger partial charge in [-0.25, -0.2) is 22.0 Å². The minimum absolute atomic E-state index is 0.0194. The zero-order valence-corrected chi connectivity index (χ0v) is 19.4. The number of likely N-dealkylation sites (tertiary alicyclic amines) is 1. The number of carbonyl (C=O) groups excluding carboxylic acids is 1. The predicted molar refractivity (Wildman–Crippen MR) is 121 cm³/mol. The van der Waals surface area contributed by atoms with Gasteiger partial charge in [-0.1, -0.05) is 30.1 Å². The normalized spacial score (nSPS) is 29.4. The molecule has 1 aliphatic heterocycles. The van der Waals surface area contributed by atoms with E-state index in [0.717, 1.165) is 36.9 Å². The monoisotopic (exact) mass is 496 g/mol. The second kappa shape index (κ2) is 8.52. The lowest BCUT2D eigenvalue weighted by Crippen LogP contribution is -2.60. The SMILES string of the molecule is CSN[C@@H]1[C@H](Cc2cccc(-c3cc(F)cc(F)c3)c2F)N(C(=O)C23CCC2CC3)CC1(F)F. The minimum Gasteiger partial charge on any atom is -0.331 e. The van der Waals surface area contributed by atoms with Gasteiger partial charge < -0.3 is 4.90 Å². The van der Waals surface area contributed by atoms with Crippen LogP contribution in [0.2, 0.25) is 0 Å². The smallest absolute Gasteiger partial charge is 0.283 e. The van der Waals surface area contributed by atoms with Crippen LogP contribution < -0.4 is 4.72 Å². The molecule has 0 unspecified atom stereocenters. The van der Waals surface area contributed by atoms with Crippen LogP contribution in [0.3, 0.4) is 0 Å². The molecular weight excluding hydrogens is 471 g/mol. The van der Waals surface area contributed by atoms with Crippen LogP contribution in [-0.4, -0.2) is 41.6 Å². The Kier molecular flexibility index (Phi) is 5.91. The molecule has 2 saturated carbocycles. The van der Waals surface area contributed by atoms with E-state index in [4.69, 9.17) is 0 Å². The van der Waals surface area contributed by atoms with Crippen molar-refractivity contribution in [1.29, 1.82) is 0 Å². The second-order valence-electron chi connectivity index (χ2n) is 9.63. The molecule has 2 aliphatic carbocycles. The first-order valence-corrected chi connectivity index (χ1v) is 12.6. The fourth-order valence-electron chi connectivity index (χ4n) is 5.88. The summed E-state index contributed by atoms with van der Waals surface area (Å²) < 4.78 is 75.9. The molecule has 0 radical (unpaired) electrons. The zero-order chi connectivity index (χ0) is 24.3. The summed E-state index contributed by atoms with van der Waals surface area (Å²) in [6.07, 6.45) is 4.78. The number of nitrogens with one attached hydrogen (secondary N) is 1. The van der Waals surface area contributed by atoms with E-state index in [1.165, 1.54) is 23.1 Å². The average molecular weight is 497 g/mol. The molecular formula is C25H25F5N2OS. The molecule has 2 atom stereocenters. The third-order valence-corrected chi connectivity index (χ3v) is 8.38. The van der Waals surface area contributed by atoms with E-state index in [0.29, 0.717) is 18.9 Å². The van der Waals surface area contributed by atoms with Crippen LogP contribution in [0, 0.1) is 28.8 Å². The second-order valence-corrected chi connectivity index (χ2v) is 10.3. The Balaban J connectivity index is 1.49. The number of benzene rings is 2. The van der Waals surface area contributed by atoms with Gasteiger partial charge in [-0.15, -0.1) is 0 Å². The van der Waals surface area contributed by atoms with Crippen LogP contribution in [0.4, 0.5) is 22.0 Å². The van der Waals surface area contributed by atoms with Crippen molar-refractivity contribution in [3.8, 4) is 11.1 Å². The van der Waals surface area contributed by atoms with E-state index in [2.05, 4.69) is 4.72 Å². The van der Waals surface area contributed by atoms with E-state index in [1.54, 1.807) is 6.26 Å². The third-order valence-electron chi connectivity index (χ3n) is 7.89. The topological polar surface area (TPSA) is 32.3 Å². The fraction of sp³-hybridized carbons (Fsp3) is 0.480. The van der Waals surface area contributed by atoms with Crippen LogP contribution in [-0.2, 0) is 11.2 Å². The minimum atomic E-state index is -3.18. The molecule has 3 nitrogen and oxygen atoms in total. The molecule has 5 rings (SSSR count). The molecule has 3 fully saturated rings. The summed E-state index contributed by atoms with van der Waals surface area (Å²) in [5.74, 6) is -5.60. The molecule has 2 aromatic rings. The number of halogens is 5. The fourth-order valence-corrected chi connectivity index (χ4v) is 6.46. The van der Waals surface area contributed by atoms with Gasteiger partial charge in [0.2, 0.25) is 5.91 Å². The summed E-state index contributed by atoms with van der Waals surface area (Å²) in [6.45, 7) is -0.709. The maximum atomic E-state index is 15.5. The van der Waals surface area contributed by atoms with Gasteiger partial charge in [-0.05, 0) is 67.5 Å². The van der Waals surface area contributed by atoms with E-state index in [1.807, 2.05) is 0 Å². The van der Waals surface area contributed by atoms with Gasteiger partial charge in [-0.2, -0.15) is 0 Å². The van der Waals surface area contributed by atoms with Crippen molar-refractivity contribution in [3.05, 3.63) is 59.4 Å². The molecule has 1 heterocycles. The number of hydrogen-bond donors (Lipinski definition) is 1. The first kappa shape index (κ1) is 23.6. The highest BCUT2D eigenvalue weighted by atomic mass is 32.2. The highest BCUT2D eigenvalue weighted by Crippen LogP contribution is 2.62. The molecule has 1 N–H and O–H groups in total. The van der Waals surface area contributed by atoms with Crippen molar-refractivity contribution in [2.24, 2.45) is 11.3 Å². The largest absolute Gasteiger partial charge is 0.331 e. The predicted octanol–water partition coefficient (Wildman–Crippen LogP) is 5.59. The Morgan fingerprint density at radius 1 is 1.12 bits per heavy atom. The zero-order valence-electron chi connectivity index (χ0n) is 18.6. The molecule has 2 aromatic carbocycles. The van der Waals surface area contributed by atoms with Gasteiger partial charge in [-0.3, -0.25) is 9.52 Å². The molecule has 1 saturated heterocycles. The maximum absolute atomic E-state index is 15.5. The molecule has 9 heteroatoms. The van der Waals surface area contributed by atoms with Crippen molar-refractivity contribution in [2.75, 3.05) is 12.8 Å². The van der Waals surface area contributed by atoms with E-state index in [-0.39, 0.29) is 34.9 Å². The Labute approximate surface area is 199 Å². The summed E-state index contributed by atoms with van der Waals surface area (Å²) >= 11 is 1.03. The number of rotatable bonds is 6. The molecule has 1 amide bonds. The molecule has 0 aromatic heterocycles. The number of carbonyl (C=O) groups is 1. The summed E-state index contributed by atoms with van der Waals surface area (Å²) in [7, 11) is 0. The number of amides is 1. The quantitative estimate of drug-likeness (QED) is 0.418. The van der Waals surface area contributed by atoms with Gasteiger partial charge in [0.1, 0.15) is 23.5 Å². The van der Waals surface area contributed by atoms with Crippen LogP contribution in [0.5, 0.6) is 0 Å². The molecule has 34 heavy (non-hydrogen) atoms. The van der Waals surface area contributed by atoms with Gasteiger partial charge in [0, 0.05) is 11.6 Å². The summed E-state index contributed by atoms with van der Waals surface area (Å²) in [5.41, 5.74) is -0.426. The van der Waals surface area contributed by atoms with Crippen molar-refractivity contribution < 1.29 is 26.7 Å². The Morgan fingerprint density at radius 3 is 2.35 bits per heavy atom. The van der Waals surface area contributed by atoms with E-state index >= 15 is 13.2 Å². The van der Waals surface area contributed by atoms with Crippen molar-refractivity contribution in [2.45, 2.75) is 50.1 Å². The van der Waals surface area contributed by atoms with Crippen molar-refractivity contribution in [1.82, 2.24) is 9.62 Å². The van der Waals surface area contributed by atoms with Gasteiger partial charge in [0.05, 0.1) is 18.0 Å². The van der Waals surface area contributed by atoms with Crippen LogP contribution >= 0.6 is 11.9 Å². The standard InChI is InChI=1S/C25H25F5N2OS/c1-34-31-22-20(32(13-25(22,29)30)23(33)24-7-5-16(24)6-8-24)11-14-3-2-4-19(21(14)28)15-9-17(26)12-18(27)10-15/h2-4,9-10,12,16,20,22,31H,5-8,11,13H2,1H3/t16?,20-,22+,24?/m0/s1. The highest BCUT2D eigenvalue weighted by Gasteiger charge is 2.64. The van der Waals surface area contributed by atoms with Crippen LogP contribution in [0.25, 0.3) is 11.1 Å². The Bertz CT molecular complexity index is 1100. The summed E-state index contributed by atoms with van der Waals surface area (Å²) in [5, 5.41) is 0. The average Bonchev–Trinajstić information content (AvgIpc) is 3.01.